The quantitative estimate of drug-likeness (QED) is 0.157. The summed E-state index contributed by atoms with van der Waals surface area (Å²) in [7, 11) is 0. The third-order valence-corrected chi connectivity index (χ3v) is 8.79. The molecule has 0 spiro atoms. The molecule has 12 heteroatoms. The summed E-state index contributed by atoms with van der Waals surface area (Å²) < 4.78 is 13.1. The minimum absolute atomic E-state index is 0.0117. The minimum atomic E-state index is -0.595. The molecule has 0 unspecified atom stereocenters. The number of nitrogen functional groups attached to an aromatic ring is 1. The van der Waals surface area contributed by atoms with Crippen LogP contribution in [-0.4, -0.2) is 70.6 Å². The SMILES string of the molecule is Nc1ccccc1NC(=O)CCCC(=O)Nc1ccc([C@H]2O[C@@H](CN3CCN(c4ncccn4)CC3)C[C@@H](c3ccc(CO)cc3)O2)cc1. The van der Waals surface area contributed by atoms with Crippen LogP contribution in [0.5, 0.6) is 0 Å². The third kappa shape index (κ3) is 9.39. The molecule has 49 heavy (non-hydrogen) atoms. The van der Waals surface area contributed by atoms with Crippen molar-refractivity contribution in [2.75, 3.05) is 54.0 Å². The average Bonchev–Trinajstić information content (AvgIpc) is 3.13. The van der Waals surface area contributed by atoms with Crippen molar-refractivity contribution >= 4 is 34.8 Å². The standard InChI is InChI=1S/C37H43N7O5/c38-31-5-1-2-6-32(31)42-35(47)8-3-7-34(46)41-29-15-13-28(14-16-29)36-48-30(23-33(49-36)27-11-9-26(25-45)10-12-27)24-43-19-21-44(22-20-43)37-39-17-4-18-40-37/h1-2,4-6,9-18,30,33,36,45H,3,7-8,19-25,38H2,(H,41,46)(H,42,47)/t30-,33+,36+/m1/s1. The van der Waals surface area contributed by atoms with Crippen LogP contribution < -0.4 is 21.3 Å². The van der Waals surface area contributed by atoms with Crippen molar-refractivity contribution in [1.29, 1.82) is 0 Å². The van der Waals surface area contributed by atoms with Crippen LogP contribution in [-0.2, 0) is 25.7 Å². The lowest BCUT2D eigenvalue weighted by Crippen LogP contribution is -2.50. The van der Waals surface area contributed by atoms with Gasteiger partial charge in [0.25, 0.3) is 0 Å². The Balaban J connectivity index is 1.04. The van der Waals surface area contributed by atoms with Crippen molar-refractivity contribution in [3.8, 4) is 0 Å². The Bertz CT molecular complexity index is 1670. The number of nitrogens with zero attached hydrogens (tertiary/aromatic N) is 4. The molecule has 3 atom stereocenters. The molecule has 2 saturated heterocycles. The average molecular weight is 666 g/mol. The second kappa shape index (κ2) is 16.5. The number of rotatable bonds is 12. The molecule has 2 aliphatic rings. The predicted molar refractivity (Wildman–Crippen MR) is 188 cm³/mol. The second-order valence-corrected chi connectivity index (χ2v) is 12.3. The number of ether oxygens (including phenoxy) is 2. The fourth-order valence-electron chi connectivity index (χ4n) is 6.09. The lowest BCUT2D eigenvalue weighted by atomic mass is 9.99. The van der Waals surface area contributed by atoms with Gasteiger partial charge in [-0.05, 0) is 47.9 Å². The van der Waals surface area contributed by atoms with Gasteiger partial charge in [-0.25, -0.2) is 9.97 Å². The molecule has 3 aromatic carbocycles. The maximum Gasteiger partial charge on any atom is 0.225 e. The molecule has 2 amide bonds. The maximum absolute atomic E-state index is 12.6. The van der Waals surface area contributed by atoms with Gasteiger partial charge in [0.2, 0.25) is 17.8 Å². The number of nitrogens with two attached hydrogens (primary N) is 1. The summed E-state index contributed by atoms with van der Waals surface area (Å²) in [6, 6.07) is 24.2. The number of benzene rings is 3. The summed E-state index contributed by atoms with van der Waals surface area (Å²) >= 11 is 0. The molecule has 3 heterocycles. The Labute approximate surface area is 286 Å². The van der Waals surface area contributed by atoms with Gasteiger partial charge in [-0.1, -0.05) is 48.5 Å². The number of nitrogens with one attached hydrogen (secondary N) is 2. The Morgan fingerprint density at radius 3 is 2.18 bits per heavy atom. The fourth-order valence-corrected chi connectivity index (χ4v) is 6.09. The van der Waals surface area contributed by atoms with E-state index >= 15 is 0 Å². The van der Waals surface area contributed by atoms with Crippen LogP contribution in [0.2, 0.25) is 0 Å². The minimum Gasteiger partial charge on any atom is -0.397 e. The number of hydrogen-bond donors (Lipinski definition) is 4. The molecular formula is C37H43N7O5. The number of hydrogen-bond acceptors (Lipinski definition) is 10. The fraction of sp³-hybridized carbons (Fsp3) is 0.351. The topological polar surface area (TPSA) is 155 Å². The van der Waals surface area contributed by atoms with Gasteiger partial charge in [-0.15, -0.1) is 0 Å². The highest BCUT2D eigenvalue weighted by Gasteiger charge is 2.34. The van der Waals surface area contributed by atoms with Crippen molar-refractivity contribution in [3.63, 3.8) is 0 Å². The maximum atomic E-state index is 12.6. The first kappa shape index (κ1) is 34.0. The molecule has 2 fully saturated rings. The lowest BCUT2D eigenvalue weighted by Gasteiger charge is -2.40. The Kier molecular flexibility index (Phi) is 11.4. The van der Waals surface area contributed by atoms with Gasteiger partial charge in [0.05, 0.1) is 30.2 Å². The van der Waals surface area contributed by atoms with Crippen LogP contribution in [0.15, 0.2) is 91.3 Å². The number of aliphatic hydroxyl groups excluding tert-OH is 1. The second-order valence-electron chi connectivity index (χ2n) is 12.3. The summed E-state index contributed by atoms with van der Waals surface area (Å²) in [5.41, 5.74) is 10.3. The molecule has 0 saturated carbocycles. The molecule has 2 aliphatic heterocycles. The number of para-hydroxylation sites is 2. The highest BCUT2D eigenvalue weighted by Crippen LogP contribution is 2.38. The lowest BCUT2D eigenvalue weighted by molar-refractivity contribution is -0.253. The smallest absolute Gasteiger partial charge is 0.225 e. The van der Waals surface area contributed by atoms with E-state index in [9.17, 15) is 14.7 Å². The van der Waals surface area contributed by atoms with Gasteiger partial charge in [-0.2, -0.15) is 0 Å². The Morgan fingerprint density at radius 2 is 1.49 bits per heavy atom. The van der Waals surface area contributed by atoms with E-state index in [4.69, 9.17) is 15.2 Å². The van der Waals surface area contributed by atoms with Crippen LogP contribution in [0, 0.1) is 0 Å². The molecule has 256 valence electrons. The molecule has 1 aromatic heterocycles. The summed E-state index contributed by atoms with van der Waals surface area (Å²) in [6.45, 7) is 4.18. The summed E-state index contributed by atoms with van der Waals surface area (Å²) in [4.78, 5) is 38.3. The number of amides is 2. The van der Waals surface area contributed by atoms with Crippen LogP contribution in [0.1, 0.15) is 54.8 Å². The Hall–Kier alpha value is -4.88. The van der Waals surface area contributed by atoms with E-state index in [1.807, 2.05) is 54.6 Å². The molecule has 4 aromatic rings. The van der Waals surface area contributed by atoms with E-state index in [1.54, 1.807) is 36.7 Å². The third-order valence-electron chi connectivity index (χ3n) is 8.79. The van der Waals surface area contributed by atoms with E-state index < -0.39 is 6.29 Å². The van der Waals surface area contributed by atoms with Crippen molar-refractivity contribution in [2.45, 2.75) is 50.8 Å². The van der Waals surface area contributed by atoms with Crippen LogP contribution in [0.3, 0.4) is 0 Å². The largest absolute Gasteiger partial charge is 0.397 e. The van der Waals surface area contributed by atoms with Gasteiger partial charge in [-0.3, -0.25) is 14.5 Å². The zero-order chi connectivity index (χ0) is 34.0. The molecular weight excluding hydrogens is 622 g/mol. The molecule has 12 nitrogen and oxygen atoms in total. The first-order chi connectivity index (χ1) is 23.9. The van der Waals surface area contributed by atoms with E-state index in [0.29, 0.717) is 29.9 Å². The van der Waals surface area contributed by atoms with Crippen molar-refractivity contribution < 1.29 is 24.2 Å². The molecule has 0 bridgehead atoms. The monoisotopic (exact) mass is 665 g/mol. The molecule has 5 N–H and O–H groups in total. The first-order valence-corrected chi connectivity index (χ1v) is 16.7. The van der Waals surface area contributed by atoms with Gasteiger partial charge in [0.15, 0.2) is 6.29 Å². The van der Waals surface area contributed by atoms with Crippen molar-refractivity contribution in [2.24, 2.45) is 0 Å². The van der Waals surface area contributed by atoms with Crippen molar-refractivity contribution in [3.05, 3.63) is 108 Å². The van der Waals surface area contributed by atoms with E-state index in [0.717, 1.165) is 55.4 Å². The first-order valence-electron chi connectivity index (χ1n) is 16.7. The zero-order valence-electron chi connectivity index (χ0n) is 27.4. The normalized spacial score (nSPS) is 19.7. The highest BCUT2D eigenvalue weighted by atomic mass is 16.7. The number of piperazine rings is 1. The Morgan fingerprint density at radius 1 is 0.816 bits per heavy atom. The van der Waals surface area contributed by atoms with Crippen molar-refractivity contribution in [1.82, 2.24) is 14.9 Å². The number of carbonyl (C=O) groups excluding carboxylic acids is 2. The highest BCUT2D eigenvalue weighted by molar-refractivity contribution is 5.94. The summed E-state index contributed by atoms with van der Waals surface area (Å²) in [5.74, 6) is 0.399. The molecule has 0 radical (unpaired) electrons. The van der Waals surface area contributed by atoms with E-state index in [2.05, 4.69) is 30.4 Å². The zero-order valence-corrected chi connectivity index (χ0v) is 27.4. The number of carbonyl (C=O) groups is 2. The number of anilines is 4. The number of aromatic nitrogens is 2. The molecule has 0 aliphatic carbocycles. The number of aliphatic hydroxyl groups is 1. The van der Waals surface area contributed by atoms with Gasteiger partial charge < -0.3 is 35.8 Å². The van der Waals surface area contributed by atoms with Gasteiger partial charge in [0.1, 0.15) is 0 Å². The van der Waals surface area contributed by atoms with E-state index in [-0.39, 0.29) is 43.5 Å². The summed E-state index contributed by atoms with van der Waals surface area (Å²) in [6.07, 6.45) is 4.20. The summed E-state index contributed by atoms with van der Waals surface area (Å²) in [5, 5.41) is 15.2. The van der Waals surface area contributed by atoms with Gasteiger partial charge in [0, 0.05) is 75.6 Å². The van der Waals surface area contributed by atoms with Crippen LogP contribution in [0.25, 0.3) is 0 Å². The van der Waals surface area contributed by atoms with Gasteiger partial charge >= 0.3 is 0 Å². The van der Waals surface area contributed by atoms with E-state index in [1.165, 1.54) is 0 Å². The van der Waals surface area contributed by atoms with Crippen LogP contribution in [0.4, 0.5) is 23.0 Å². The predicted octanol–water partition coefficient (Wildman–Crippen LogP) is 4.67. The van der Waals surface area contributed by atoms with Crippen LogP contribution >= 0.6 is 0 Å². The molecule has 6 rings (SSSR count).